The topological polar surface area (TPSA) is 65.5 Å². The van der Waals surface area contributed by atoms with Crippen molar-refractivity contribution in [2.45, 2.75) is 39.0 Å². The standard InChI is InChI=1S/C22H28N4O2S/c1-16-6-4-7-17(14-16)21(28)26-11-5-10-25(12-13-26)15-20(27)24-22-23-18-8-2-3-9-19(18)29-22/h4,6-7,14H,2-3,5,8-13,15H2,1H3,(H,23,24,27). The number of carbonyl (C=O) groups is 2. The SMILES string of the molecule is Cc1cccc(C(=O)N2CCCN(CC(=O)Nc3nc4c(s3)CCCC4)CC2)c1. The number of hydrogen-bond donors (Lipinski definition) is 1. The number of aryl methyl sites for hydroxylation is 3. The molecule has 0 unspecified atom stereocenters. The van der Waals surface area contributed by atoms with E-state index in [9.17, 15) is 9.59 Å². The maximum absolute atomic E-state index is 12.8. The lowest BCUT2D eigenvalue weighted by atomic mass is 10.0. The highest BCUT2D eigenvalue weighted by Gasteiger charge is 2.22. The molecule has 2 amide bonds. The highest BCUT2D eigenvalue weighted by Crippen LogP contribution is 2.29. The lowest BCUT2D eigenvalue weighted by molar-refractivity contribution is -0.117. The van der Waals surface area contributed by atoms with E-state index in [-0.39, 0.29) is 11.8 Å². The van der Waals surface area contributed by atoms with Gasteiger partial charge >= 0.3 is 0 Å². The number of hydrogen-bond acceptors (Lipinski definition) is 5. The van der Waals surface area contributed by atoms with Crippen LogP contribution in [0.5, 0.6) is 0 Å². The molecule has 2 aromatic rings. The summed E-state index contributed by atoms with van der Waals surface area (Å²) in [6.07, 6.45) is 5.39. The van der Waals surface area contributed by atoms with E-state index < -0.39 is 0 Å². The van der Waals surface area contributed by atoms with E-state index in [0.717, 1.165) is 54.3 Å². The number of rotatable bonds is 4. The number of anilines is 1. The van der Waals surface area contributed by atoms with Crippen LogP contribution in [0.3, 0.4) is 0 Å². The summed E-state index contributed by atoms with van der Waals surface area (Å²) in [6.45, 7) is 5.24. The summed E-state index contributed by atoms with van der Waals surface area (Å²) in [5.41, 5.74) is 2.99. The van der Waals surface area contributed by atoms with Crippen LogP contribution in [0.2, 0.25) is 0 Å². The van der Waals surface area contributed by atoms with Crippen molar-refractivity contribution in [1.82, 2.24) is 14.8 Å². The molecule has 0 spiro atoms. The van der Waals surface area contributed by atoms with Gasteiger partial charge in [0.1, 0.15) is 0 Å². The molecule has 0 bridgehead atoms. The molecule has 1 aliphatic carbocycles. The Balaban J connectivity index is 1.30. The van der Waals surface area contributed by atoms with Gasteiger partial charge in [-0.1, -0.05) is 17.7 Å². The molecule has 0 radical (unpaired) electrons. The number of nitrogens with one attached hydrogen (secondary N) is 1. The Kier molecular flexibility index (Phi) is 6.25. The largest absolute Gasteiger partial charge is 0.337 e. The van der Waals surface area contributed by atoms with Crippen molar-refractivity contribution in [3.05, 3.63) is 46.0 Å². The lowest BCUT2D eigenvalue weighted by Gasteiger charge is -2.22. The van der Waals surface area contributed by atoms with Gasteiger partial charge < -0.3 is 10.2 Å². The average molecular weight is 413 g/mol. The number of carbonyl (C=O) groups excluding carboxylic acids is 2. The van der Waals surface area contributed by atoms with Crippen LogP contribution in [0.4, 0.5) is 5.13 Å². The highest BCUT2D eigenvalue weighted by atomic mass is 32.1. The molecule has 2 aliphatic rings. The minimum atomic E-state index is -0.0189. The van der Waals surface area contributed by atoms with Crippen LogP contribution in [-0.4, -0.2) is 59.3 Å². The second kappa shape index (κ2) is 9.05. The van der Waals surface area contributed by atoms with Gasteiger partial charge in [-0.05, 0) is 51.2 Å². The molecule has 2 heterocycles. The number of aromatic nitrogens is 1. The van der Waals surface area contributed by atoms with Crippen molar-refractivity contribution in [2.75, 3.05) is 38.0 Å². The van der Waals surface area contributed by atoms with Crippen LogP contribution < -0.4 is 5.32 Å². The van der Waals surface area contributed by atoms with Crippen molar-refractivity contribution in [1.29, 1.82) is 0 Å². The number of amides is 2. The molecular weight excluding hydrogens is 384 g/mol. The van der Waals surface area contributed by atoms with E-state index in [4.69, 9.17) is 0 Å². The Morgan fingerprint density at radius 3 is 2.79 bits per heavy atom. The molecule has 7 heteroatoms. The molecule has 1 saturated heterocycles. The van der Waals surface area contributed by atoms with E-state index in [2.05, 4.69) is 15.2 Å². The fraction of sp³-hybridized carbons (Fsp3) is 0.500. The zero-order valence-electron chi connectivity index (χ0n) is 16.9. The maximum atomic E-state index is 12.8. The van der Waals surface area contributed by atoms with Crippen molar-refractivity contribution in [3.63, 3.8) is 0 Å². The van der Waals surface area contributed by atoms with E-state index >= 15 is 0 Å². The van der Waals surface area contributed by atoms with E-state index in [0.29, 0.717) is 19.6 Å². The maximum Gasteiger partial charge on any atom is 0.253 e. The van der Waals surface area contributed by atoms with Gasteiger partial charge in [-0.3, -0.25) is 14.5 Å². The van der Waals surface area contributed by atoms with E-state index in [1.807, 2.05) is 36.1 Å². The summed E-state index contributed by atoms with van der Waals surface area (Å²) >= 11 is 1.62. The zero-order valence-corrected chi connectivity index (χ0v) is 17.8. The molecular formula is C22H28N4O2S. The molecule has 1 N–H and O–H groups in total. The smallest absolute Gasteiger partial charge is 0.253 e. The Hall–Kier alpha value is -2.25. The Morgan fingerprint density at radius 2 is 1.97 bits per heavy atom. The molecule has 4 rings (SSSR count). The van der Waals surface area contributed by atoms with E-state index in [1.54, 1.807) is 11.3 Å². The lowest BCUT2D eigenvalue weighted by Crippen LogP contribution is -2.38. The third-order valence-electron chi connectivity index (χ3n) is 5.60. The number of fused-ring (bicyclic) bond motifs is 1. The predicted octanol–water partition coefficient (Wildman–Crippen LogP) is 3.12. The molecule has 6 nitrogen and oxygen atoms in total. The van der Waals surface area contributed by atoms with Crippen LogP contribution in [0, 0.1) is 6.92 Å². The minimum Gasteiger partial charge on any atom is -0.337 e. The molecule has 0 atom stereocenters. The first kappa shape index (κ1) is 20.0. The van der Waals surface area contributed by atoms with Gasteiger partial charge in [0.2, 0.25) is 5.91 Å². The number of nitrogens with zero attached hydrogens (tertiary/aromatic N) is 3. The number of benzene rings is 1. The third-order valence-corrected chi connectivity index (χ3v) is 6.67. The van der Waals surface area contributed by atoms with Crippen LogP contribution in [0.1, 0.15) is 45.8 Å². The monoisotopic (exact) mass is 412 g/mol. The quantitative estimate of drug-likeness (QED) is 0.838. The Labute approximate surface area is 175 Å². The van der Waals surface area contributed by atoms with Gasteiger partial charge in [0.05, 0.1) is 12.2 Å². The molecule has 29 heavy (non-hydrogen) atoms. The normalized spacial score (nSPS) is 17.5. The third kappa shape index (κ3) is 5.03. The summed E-state index contributed by atoms with van der Waals surface area (Å²) in [5.74, 6) is 0.0583. The van der Waals surface area contributed by atoms with Gasteiger partial charge in [-0.2, -0.15) is 0 Å². The van der Waals surface area contributed by atoms with Crippen LogP contribution in [0.25, 0.3) is 0 Å². The van der Waals surface area contributed by atoms with Gasteiger partial charge in [-0.15, -0.1) is 11.3 Å². The van der Waals surface area contributed by atoms with Crippen LogP contribution in [0.15, 0.2) is 24.3 Å². The summed E-state index contributed by atoms with van der Waals surface area (Å²) in [6, 6.07) is 7.73. The van der Waals surface area contributed by atoms with Crippen molar-refractivity contribution in [3.8, 4) is 0 Å². The highest BCUT2D eigenvalue weighted by molar-refractivity contribution is 7.15. The molecule has 1 fully saturated rings. The Bertz CT molecular complexity index is 871. The molecule has 154 valence electrons. The van der Waals surface area contributed by atoms with Crippen molar-refractivity contribution >= 4 is 28.3 Å². The van der Waals surface area contributed by atoms with Crippen molar-refractivity contribution in [2.24, 2.45) is 0 Å². The minimum absolute atomic E-state index is 0.0189. The van der Waals surface area contributed by atoms with Crippen molar-refractivity contribution < 1.29 is 9.59 Å². The Morgan fingerprint density at radius 1 is 1.10 bits per heavy atom. The van der Waals surface area contributed by atoms with Crippen LogP contribution >= 0.6 is 11.3 Å². The van der Waals surface area contributed by atoms with Gasteiger partial charge in [0, 0.05) is 36.6 Å². The second-order valence-electron chi connectivity index (χ2n) is 7.94. The van der Waals surface area contributed by atoms with Gasteiger partial charge in [0.15, 0.2) is 5.13 Å². The summed E-state index contributed by atoms with van der Waals surface area (Å²) < 4.78 is 0. The average Bonchev–Trinajstić information content (AvgIpc) is 2.97. The molecule has 0 saturated carbocycles. The first-order valence-electron chi connectivity index (χ1n) is 10.5. The first-order chi connectivity index (χ1) is 14.1. The summed E-state index contributed by atoms with van der Waals surface area (Å²) in [5, 5.41) is 3.71. The predicted molar refractivity (Wildman–Crippen MR) is 116 cm³/mol. The van der Waals surface area contributed by atoms with Crippen LogP contribution in [-0.2, 0) is 17.6 Å². The fourth-order valence-corrected chi connectivity index (χ4v) is 5.13. The zero-order chi connectivity index (χ0) is 20.2. The second-order valence-corrected chi connectivity index (χ2v) is 9.02. The van der Waals surface area contributed by atoms with E-state index in [1.165, 1.54) is 17.7 Å². The molecule has 1 aliphatic heterocycles. The first-order valence-corrected chi connectivity index (χ1v) is 11.3. The fourth-order valence-electron chi connectivity index (χ4n) is 4.06. The summed E-state index contributed by atoms with van der Waals surface area (Å²) in [7, 11) is 0. The molecule has 1 aromatic carbocycles. The molecule has 1 aromatic heterocycles. The van der Waals surface area contributed by atoms with Gasteiger partial charge in [0.25, 0.3) is 5.91 Å². The summed E-state index contributed by atoms with van der Waals surface area (Å²) in [4.78, 5) is 35.3. The number of thiazole rings is 1. The van der Waals surface area contributed by atoms with Gasteiger partial charge in [-0.25, -0.2) is 4.98 Å².